The molecule has 0 unspecified atom stereocenters. The molecule has 0 atom stereocenters. The number of allylic oxidation sites excluding steroid dienone is 1. The molecule has 0 saturated heterocycles. The van der Waals surface area contributed by atoms with Gasteiger partial charge >= 0.3 is 0 Å². The Morgan fingerprint density at radius 3 is 2.58 bits per heavy atom. The molecule has 3 aromatic carbocycles. The fraction of sp³-hybridized carbons (Fsp3) is 0.0833. The van der Waals surface area contributed by atoms with Crippen molar-refractivity contribution < 1.29 is 15.0 Å². The second kappa shape index (κ2) is 8.61. The van der Waals surface area contributed by atoms with E-state index in [1.54, 1.807) is 54.6 Å². The van der Waals surface area contributed by atoms with Crippen molar-refractivity contribution in [1.29, 1.82) is 5.26 Å². The molecule has 7 heteroatoms. The first kappa shape index (κ1) is 20.0. The molecular formula is C24H18N4O3. The highest BCUT2D eigenvalue weighted by Crippen LogP contribution is 2.29. The number of phenolic OH excluding ortho intramolecular Hbond substituents is 1. The quantitative estimate of drug-likeness (QED) is 0.372. The number of carbonyl (C=O) groups excluding carboxylic acids is 1. The van der Waals surface area contributed by atoms with Crippen LogP contribution in [-0.2, 0) is 6.42 Å². The van der Waals surface area contributed by atoms with Crippen molar-refractivity contribution in [3.8, 4) is 17.5 Å². The zero-order chi connectivity index (χ0) is 21.8. The molecule has 1 heterocycles. The molecule has 1 aromatic heterocycles. The van der Waals surface area contributed by atoms with E-state index in [1.165, 1.54) is 16.9 Å². The second-order valence-corrected chi connectivity index (χ2v) is 6.89. The normalized spacial score (nSPS) is 11.1. The smallest absolute Gasteiger partial charge is 0.185 e. The summed E-state index contributed by atoms with van der Waals surface area (Å²) in [5.41, 5.74) is 3.56. The lowest BCUT2D eigenvalue weighted by molar-refractivity contribution is 0.104. The van der Waals surface area contributed by atoms with Gasteiger partial charge in [0.15, 0.2) is 5.78 Å². The van der Waals surface area contributed by atoms with E-state index in [1.807, 2.05) is 6.07 Å². The monoisotopic (exact) mass is 410 g/mol. The van der Waals surface area contributed by atoms with E-state index in [4.69, 9.17) is 5.26 Å². The number of aromatic nitrogens is 3. The Morgan fingerprint density at radius 1 is 1.06 bits per heavy atom. The minimum Gasteiger partial charge on any atom is -0.505 e. The first-order valence-corrected chi connectivity index (χ1v) is 9.61. The number of nitrogens with zero attached hydrogens (tertiary/aromatic N) is 4. The Hall–Kier alpha value is -4.28. The highest BCUT2D eigenvalue weighted by atomic mass is 16.3. The predicted molar refractivity (Wildman–Crippen MR) is 116 cm³/mol. The summed E-state index contributed by atoms with van der Waals surface area (Å²) in [5, 5.41) is 38.1. The molecule has 152 valence electrons. The van der Waals surface area contributed by atoms with Gasteiger partial charge in [-0.2, -0.15) is 5.26 Å². The molecule has 0 aliphatic carbocycles. The number of aromatic hydroxyl groups is 1. The number of aliphatic hydroxyl groups excluding tert-OH is 1. The van der Waals surface area contributed by atoms with Crippen molar-refractivity contribution in [3.05, 3.63) is 89.0 Å². The third-order valence-corrected chi connectivity index (χ3v) is 4.78. The fourth-order valence-corrected chi connectivity index (χ4v) is 3.21. The van der Waals surface area contributed by atoms with E-state index in [0.29, 0.717) is 39.8 Å². The Labute approximate surface area is 178 Å². The number of carbonyl (C=O) groups is 1. The summed E-state index contributed by atoms with van der Waals surface area (Å²) in [7, 11) is 0. The molecule has 0 aliphatic rings. The third kappa shape index (κ3) is 4.20. The minimum absolute atomic E-state index is 0.0731. The average Bonchev–Trinajstić information content (AvgIpc) is 3.22. The minimum atomic E-state index is -0.193. The number of fused-ring (bicyclic) bond motifs is 1. The molecule has 0 saturated carbocycles. The second-order valence-electron chi connectivity index (χ2n) is 6.89. The molecule has 0 radical (unpaired) electrons. The fourth-order valence-electron chi connectivity index (χ4n) is 3.21. The summed E-state index contributed by atoms with van der Waals surface area (Å²) in [5.74, 6) is -0.291. The molecule has 0 fully saturated rings. The summed E-state index contributed by atoms with van der Waals surface area (Å²) in [4.78, 5) is 13.7. The number of benzene rings is 3. The van der Waals surface area contributed by atoms with E-state index in [2.05, 4.69) is 16.3 Å². The summed E-state index contributed by atoms with van der Waals surface area (Å²) in [6, 6.07) is 19.2. The Balaban J connectivity index is 1.76. The first-order chi connectivity index (χ1) is 15.1. The van der Waals surface area contributed by atoms with Gasteiger partial charge in [0.2, 0.25) is 0 Å². The Bertz CT molecular complexity index is 1330. The van der Waals surface area contributed by atoms with Crippen LogP contribution in [0.2, 0.25) is 0 Å². The van der Waals surface area contributed by atoms with Gasteiger partial charge in [0.25, 0.3) is 0 Å². The van der Waals surface area contributed by atoms with Gasteiger partial charge in [0.05, 0.1) is 11.6 Å². The van der Waals surface area contributed by atoms with Gasteiger partial charge < -0.3 is 10.2 Å². The van der Waals surface area contributed by atoms with Crippen molar-refractivity contribution in [2.45, 2.75) is 6.42 Å². The van der Waals surface area contributed by atoms with Gasteiger partial charge in [-0.1, -0.05) is 30.3 Å². The van der Waals surface area contributed by atoms with E-state index in [9.17, 15) is 15.0 Å². The van der Waals surface area contributed by atoms with Gasteiger partial charge in [0, 0.05) is 17.7 Å². The van der Waals surface area contributed by atoms with Gasteiger partial charge in [-0.3, -0.25) is 4.79 Å². The van der Waals surface area contributed by atoms with E-state index in [-0.39, 0.29) is 18.1 Å². The lowest BCUT2D eigenvalue weighted by atomic mass is 10.0. The predicted octanol–water partition coefficient (Wildman–Crippen LogP) is 3.43. The lowest BCUT2D eigenvalue weighted by Crippen LogP contribution is -2.03. The summed E-state index contributed by atoms with van der Waals surface area (Å²) in [6.07, 6.45) is 3.29. The molecule has 4 aromatic rings. The van der Waals surface area contributed by atoms with Crippen LogP contribution in [-0.4, -0.2) is 37.6 Å². The maximum atomic E-state index is 12.4. The molecule has 0 spiro atoms. The van der Waals surface area contributed by atoms with Gasteiger partial charge in [-0.05, 0) is 54.5 Å². The highest BCUT2D eigenvalue weighted by molar-refractivity contribution is 6.07. The van der Waals surface area contributed by atoms with Crippen LogP contribution >= 0.6 is 0 Å². The van der Waals surface area contributed by atoms with Gasteiger partial charge in [-0.15, -0.1) is 15.0 Å². The van der Waals surface area contributed by atoms with Crippen LogP contribution in [0.5, 0.6) is 5.75 Å². The lowest BCUT2D eigenvalue weighted by Gasteiger charge is -2.10. The number of aliphatic hydroxyl groups is 1. The van der Waals surface area contributed by atoms with Crippen LogP contribution in [0.4, 0.5) is 0 Å². The van der Waals surface area contributed by atoms with Crippen LogP contribution in [0.1, 0.15) is 27.0 Å². The van der Waals surface area contributed by atoms with Crippen molar-refractivity contribution in [3.63, 3.8) is 0 Å². The summed E-state index contributed by atoms with van der Waals surface area (Å²) >= 11 is 0. The number of ketones is 1. The maximum absolute atomic E-state index is 12.4. The van der Waals surface area contributed by atoms with E-state index in [0.717, 1.165) is 5.56 Å². The molecule has 2 N–H and O–H groups in total. The zero-order valence-electron chi connectivity index (χ0n) is 16.4. The van der Waals surface area contributed by atoms with Gasteiger partial charge in [0.1, 0.15) is 22.5 Å². The van der Waals surface area contributed by atoms with Crippen molar-refractivity contribution >= 4 is 22.9 Å². The molecule has 0 bridgehead atoms. The third-order valence-electron chi connectivity index (χ3n) is 4.78. The van der Waals surface area contributed by atoms with Crippen molar-refractivity contribution in [2.75, 3.05) is 6.61 Å². The molecule has 4 rings (SSSR count). The van der Waals surface area contributed by atoms with Gasteiger partial charge in [-0.25, -0.2) is 0 Å². The number of hydrogen-bond acceptors (Lipinski definition) is 6. The van der Waals surface area contributed by atoms with Crippen molar-refractivity contribution in [2.24, 2.45) is 0 Å². The molecule has 0 aliphatic heterocycles. The molecular weight excluding hydrogens is 392 g/mol. The first-order valence-electron chi connectivity index (χ1n) is 9.61. The molecule has 31 heavy (non-hydrogen) atoms. The zero-order valence-corrected chi connectivity index (χ0v) is 16.4. The van der Waals surface area contributed by atoms with Crippen LogP contribution < -0.4 is 0 Å². The van der Waals surface area contributed by atoms with Crippen LogP contribution in [0.25, 0.3) is 22.8 Å². The van der Waals surface area contributed by atoms with Crippen molar-refractivity contribution in [1.82, 2.24) is 15.0 Å². The van der Waals surface area contributed by atoms with E-state index < -0.39 is 0 Å². The average molecular weight is 410 g/mol. The Kier molecular flexibility index (Phi) is 5.56. The van der Waals surface area contributed by atoms with E-state index >= 15 is 0 Å². The number of phenols is 1. The topological polar surface area (TPSA) is 112 Å². The van der Waals surface area contributed by atoms with Crippen LogP contribution in [0, 0.1) is 11.3 Å². The van der Waals surface area contributed by atoms with Crippen LogP contribution in [0.3, 0.4) is 0 Å². The summed E-state index contributed by atoms with van der Waals surface area (Å²) < 4.78 is 0. The standard InChI is InChI=1S/C24H18N4O3/c25-15-17-6-8-20-21(13-17)27-28(26-20)22-14-16(10-11-29)12-19(24(22)31)7-9-23(30)18-4-2-1-3-5-18/h1-9,12-14,29,31H,10-11H2/b9-7-. The number of hydrogen-bond donors (Lipinski definition) is 2. The number of rotatable bonds is 6. The highest BCUT2D eigenvalue weighted by Gasteiger charge is 2.14. The largest absolute Gasteiger partial charge is 0.505 e. The van der Waals surface area contributed by atoms with Crippen LogP contribution in [0.15, 0.2) is 66.7 Å². The number of nitriles is 1. The summed E-state index contributed by atoms with van der Waals surface area (Å²) in [6.45, 7) is -0.0731. The Morgan fingerprint density at radius 2 is 1.84 bits per heavy atom. The SMILES string of the molecule is N#Cc1ccc2nn(-c3cc(CCO)cc(/C=C\C(=O)c4ccccc4)c3O)nc2c1. The maximum Gasteiger partial charge on any atom is 0.185 e. The molecule has 0 amide bonds. The molecule has 7 nitrogen and oxygen atoms in total.